The highest BCUT2D eigenvalue weighted by molar-refractivity contribution is 5.75. The van der Waals surface area contributed by atoms with Gasteiger partial charge in [-0.2, -0.15) is 0 Å². The lowest BCUT2D eigenvalue weighted by Crippen LogP contribution is -2.55. The van der Waals surface area contributed by atoms with E-state index in [0.29, 0.717) is 5.41 Å². The van der Waals surface area contributed by atoms with E-state index >= 15 is 0 Å². The number of nitrogens with zero attached hydrogens (tertiary/aromatic N) is 1. The van der Waals surface area contributed by atoms with Crippen LogP contribution in [0.1, 0.15) is 42.9 Å². The van der Waals surface area contributed by atoms with Crippen LogP contribution in [0.4, 0.5) is 4.79 Å². The molecule has 0 unspecified atom stereocenters. The van der Waals surface area contributed by atoms with Crippen LogP contribution in [0.5, 0.6) is 0 Å². The molecule has 130 valence electrons. The van der Waals surface area contributed by atoms with Gasteiger partial charge in [0.2, 0.25) is 0 Å². The first-order valence-corrected chi connectivity index (χ1v) is 9.26. The minimum Gasteiger partial charge on any atom is -0.333 e. The minimum absolute atomic E-state index is 0.0146. The van der Waals surface area contributed by atoms with Crippen LogP contribution in [0.15, 0.2) is 24.3 Å². The molecule has 0 radical (unpaired) electrons. The van der Waals surface area contributed by atoms with Crippen LogP contribution in [0, 0.1) is 5.41 Å². The number of carbonyl (C=O) groups is 1. The summed E-state index contributed by atoms with van der Waals surface area (Å²) in [7, 11) is 0. The molecule has 3 aliphatic rings. The van der Waals surface area contributed by atoms with E-state index in [1.165, 1.54) is 30.4 Å². The average molecular weight is 328 g/mol. The normalized spacial score (nSPS) is 28.6. The van der Waals surface area contributed by atoms with Gasteiger partial charge in [0.15, 0.2) is 0 Å². The summed E-state index contributed by atoms with van der Waals surface area (Å²) < 4.78 is 0. The van der Waals surface area contributed by atoms with E-state index < -0.39 is 0 Å². The second-order valence-electron chi connectivity index (χ2n) is 7.76. The van der Waals surface area contributed by atoms with E-state index in [2.05, 4.69) is 22.8 Å². The molecule has 0 aromatic heterocycles. The summed E-state index contributed by atoms with van der Waals surface area (Å²) in [6.07, 6.45) is 5.58. The molecule has 4 rings (SSSR count). The van der Waals surface area contributed by atoms with Crippen LogP contribution in [-0.4, -0.2) is 43.2 Å². The Kier molecular flexibility index (Phi) is 4.22. The lowest BCUT2D eigenvalue weighted by molar-refractivity contribution is 0.0753. The Morgan fingerprint density at radius 1 is 1.25 bits per heavy atom. The number of urea groups is 1. The number of hydrogen-bond acceptors (Lipinski definition) is 3. The third-order valence-electron chi connectivity index (χ3n) is 6.21. The fourth-order valence-corrected chi connectivity index (χ4v) is 4.76. The summed E-state index contributed by atoms with van der Waals surface area (Å²) in [5, 5.41) is 6.65. The molecule has 1 aliphatic carbocycles. The fraction of sp³-hybridized carbons (Fsp3) is 0.632. The average Bonchev–Trinajstić information content (AvgIpc) is 2.92. The summed E-state index contributed by atoms with van der Waals surface area (Å²) >= 11 is 0. The van der Waals surface area contributed by atoms with Gasteiger partial charge in [-0.25, -0.2) is 4.79 Å². The largest absolute Gasteiger partial charge is 0.333 e. The number of carbonyl (C=O) groups excluding carboxylic acids is 1. The topological polar surface area (TPSA) is 70.4 Å². The first-order valence-electron chi connectivity index (χ1n) is 9.26. The quantitative estimate of drug-likeness (QED) is 0.736. The number of benzene rings is 1. The predicted molar refractivity (Wildman–Crippen MR) is 94.7 cm³/mol. The van der Waals surface area contributed by atoms with E-state index in [1.807, 2.05) is 17.0 Å². The summed E-state index contributed by atoms with van der Waals surface area (Å²) in [4.78, 5) is 14.9. The zero-order valence-corrected chi connectivity index (χ0v) is 14.3. The maximum Gasteiger partial charge on any atom is 0.317 e. The number of fused-ring (bicyclic) bond motifs is 1. The second kappa shape index (κ2) is 6.37. The number of rotatable bonds is 1. The van der Waals surface area contributed by atoms with Gasteiger partial charge in [0.1, 0.15) is 0 Å². The third-order valence-corrected chi connectivity index (χ3v) is 6.21. The van der Waals surface area contributed by atoms with Crippen molar-refractivity contribution in [2.45, 2.75) is 44.2 Å². The minimum atomic E-state index is -0.0946. The number of likely N-dealkylation sites (tertiary alicyclic amines) is 1. The van der Waals surface area contributed by atoms with E-state index in [1.54, 1.807) is 0 Å². The Bertz CT molecular complexity index is 606. The molecule has 1 spiro atoms. The second-order valence-corrected chi connectivity index (χ2v) is 7.76. The van der Waals surface area contributed by atoms with Crippen LogP contribution in [0.25, 0.3) is 0 Å². The zero-order valence-electron chi connectivity index (χ0n) is 14.3. The maximum absolute atomic E-state index is 12.8. The number of nitrogens with two attached hydrogens (primary N) is 1. The van der Waals surface area contributed by atoms with Crippen molar-refractivity contribution in [2.75, 3.05) is 26.2 Å². The van der Waals surface area contributed by atoms with Crippen molar-refractivity contribution in [3.63, 3.8) is 0 Å². The van der Waals surface area contributed by atoms with Gasteiger partial charge in [-0.3, -0.25) is 0 Å². The van der Waals surface area contributed by atoms with E-state index in [0.717, 1.165) is 39.0 Å². The monoisotopic (exact) mass is 328 g/mol. The third kappa shape index (κ3) is 2.91. The molecule has 2 fully saturated rings. The highest BCUT2D eigenvalue weighted by Crippen LogP contribution is 2.38. The highest BCUT2D eigenvalue weighted by atomic mass is 16.2. The predicted octanol–water partition coefficient (Wildman–Crippen LogP) is 1.79. The van der Waals surface area contributed by atoms with Crippen LogP contribution in [0.3, 0.4) is 0 Å². The summed E-state index contributed by atoms with van der Waals surface area (Å²) in [6, 6.07) is 8.25. The van der Waals surface area contributed by atoms with E-state index in [4.69, 9.17) is 5.73 Å². The number of amides is 2. The summed E-state index contributed by atoms with van der Waals surface area (Å²) in [6.45, 7) is 3.93. The first kappa shape index (κ1) is 15.9. The van der Waals surface area contributed by atoms with Crippen molar-refractivity contribution in [3.8, 4) is 0 Å². The van der Waals surface area contributed by atoms with Crippen LogP contribution in [0.2, 0.25) is 0 Å². The van der Waals surface area contributed by atoms with Gasteiger partial charge >= 0.3 is 6.03 Å². The van der Waals surface area contributed by atoms with Crippen molar-refractivity contribution in [2.24, 2.45) is 11.1 Å². The molecule has 2 amide bonds. The van der Waals surface area contributed by atoms with Crippen LogP contribution in [-0.2, 0) is 6.42 Å². The lowest BCUT2D eigenvalue weighted by Gasteiger charge is -2.45. The Labute approximate surface area is 144 Å². The van der Waals surface area contributed by atoms with Crippen molar-refractivity contribution >= 4 is 6.03 Å². The SMILES string of the molecule is N[C@@H]1c2ccccc2C[C@H]1NC(=O)N1CCCC2(CCNCC2)C1. The zero-order chi connectivity index (χ0) is 16.6. The fourth-order valence-electron chi connectivity index (χ4n) is 4.76. The molecule has 2 heterocycles. The molecular weight excluding hydrogens is 300 g/mol. The van der Waals surface area contributed by atoms with Gasteiger partial charge in [0, 0.05) is 13.1 Å². The molecule has 1 aromatic carbocycles. The van der Waals surface area contributed by atoms with Crippen molar-refractivity contribution in [1.82, 2.24) is 15.5 Å². The Morgan fingerprint density at radius 3 is 2.83 bits per heavy atom. The van der Waals surface area contributed by atoms with Gasteiger partial charge < -0.3 is 21.3 Å². The standard InChI is InChI=1S/C19H28N4O/c20-17-15-5-2-1-4-14(15)12-16(17)22-18(24)23-11-3-6-19(13-23)7-9-21-10-8-19/h1-2,4-5,16-17,21H,3,6-13,20H2,(H,22,24)/t16-,17-/m1/s1. The maximum atomic E-state index is 12.8. The number of hydrogen-bond donors (Lipinski definition) is 3. The Balaban J connectivity index is 1.40. The molecule has 0 bridgehead atoms. The molecule has 0 saturated carbocycles. The molecular formula is C19H28N4O. The van der Waals surface area contributed by atoms with Crippen molar-refractivity contribution < 1.29 is 4.79 Å². The van der Waals surface area contributed by atoms with E-state index in [-0.39, 0.29) is 18.1 Å². The summed E-state index contributed by atoms with van der Waals surface area (Å²) in [5.41, 5.74) is 9.14. The molecule has 5 heteroatoms. The van der Waals surface area contributed by atoms with Gasteiger partial charge in [-0.15, -0.1) is 0 Å². The van der Waals surface area contributed by atoms with Gasteiger partial charge in [-0.1, -0.05) is 24.3 Å². The smallest absolute Gasteiger partial charge is 0.317 e. The van der Waals surface area contributed by atoms with Gasteiger partial charge in [0.25, 0.3) is 0 Å². The molecule has 2 atom stereocenters. The number of piperidine rings is 2. The van der Waals surface area contributed by atoms with Gasteiger partial charge in [-0.05, 0) is 61.7 Å². The molecule has 2 saturated heterocycles. The van der Waals surface area contributed by atoms with Crippen LogP contribution < -0.4 is 16.4 Å². The molecule has 5 nitrogen and oxygen atoms in total. The molecule has 1 aromatic rings. The molecule has 24 heavy (non-hydrogen) atoms. The molecule has 4 N–H and O–H groups in total. The van der Waals surface area contributed by atoms with Crippen molar-refractivity contribution in [1.29, 1.82) is 0 Å². The molecule has 2 aliphatic heterocycles. The van der Waals surface area contributed by atoms with E-state index in [9.17, 15) is 4.79 Å². The van der Waals surface area contributed by atoms with Crippen molar-refractivity contribution in [3.05, 3.63) is 35.4 Å². The highest BCUT2D eigenvalue weighted by Gasteiger charge is 2.39. The van der Waals surface area contributed by atoms with Crippen LogP contribution >= 0.6 is 0 Å². The first-order chi connectivity index (χ1) is 11.7. The Morgan fingerprint density at radius 2 is 2.04 bits per heavy atom. The number of nitrogens with one attached hydrogen (secondary N) is 2. The summed E-state index contributed by atoms with van der Waals surface area (Å²) in [5.74, 6) is 0. The Hall–Kier alpha value is -1.59. The lowest BCUT2D eigenvalue weighted by atomic mass is 9.73. The van der Waals surface area contributed by atoms with Gasteiger partial charge in [0.05, 0.1) is 12.1 Å².